The number of nitrogens with one attached hydrogen (secondary N) is 2. The summed E-state index contributed by atoms with van der Waals surface area (Å²) in [6, 6.07) is 4.42. The van der Waals surface area contributed by atoms with Crippen LogP contribution in [0.15, 0.2) is 21.5 Å². The van der Waals surface area contributed by atoms with Gasteiger partial charge in [0.2, 0.25) is 0 Å². The Kier molecular flexibility index (Phi) is 5.60. The molecule has 2 N–H and O–H groups in total. The molecule has 23 heavy (non-hydrogen) atoms. The molecule has 1 saturated heterocycles. The summed E-state index contributed by atoms with van der Waals surface area (Å²) in [5.41, 5.74) is 0. The summed E-state index contributed by atoms with van der Waals surface area (Å²) in [5, 5.41) is 6.83. The number of guanidine groups is 1. The summed E-state index contributed by atoms with van der Waals surface area (Å²) >= 11 is 0. The van der Waals surface area contributed by atoms with Gasteiger partial charge in [-0.25, -0.2) is 0 Å². The summed E-state index contributed by atoms with van der Waals surface area (Å²) in [6.07, 6.45) is 5.27. The third-order valence-electron chi connectivity index (χ3n) is 4.69. The molecular formula is C18H30N4O. The third kappa shape index (κ3) is 4.74. The molecule has 1 saturated carbocycles. The number of rotatable bonds is 7. The lowest BCUT2D eigenvalue weighted by molar-refractivity contribution is 0.219. The number of aryl methyl sites for hydroxylation is 1. The fourth-order valence-electron chi connectivity index (χ4n) is 3.15. The number of hydrogen-bond acceptors (Lipinski definition) is 3. The first kappa shape index (κ1) is 16.4. The zero-order valence-electron chi connectivity index (χ0n) is 14.5. The van der Waals surface area contributed by atoms with E-state index in [4.69, 9.17) is 9.41 Å². The molecule has 2 aliphatic rings. The maximum Gasteiger partial charge on any atom is 0.191 e. The quantitative estimate of drug-likeness (QED) is 0.599. The van der Waals surface area contributed by atoms with Crippen LogP contribution in [0.2, 0.25) is 0 Å². The number of aliphatic imine (C=N–C) groups is 1. The molecule has 0 spiro atoms. The Bertz CT molecular complexity index is 515. The Morgan fingerprint density at radius 2 is 2.09 bits per heavy atom. The van der Waals surface area contributed by atoms with E-state index in [0.717, 1.165) is 56.1 Å². The first-order valence-corrected chi connectivity index (χ1v) is 9.09. The van der Waals surface area contributed by atoms with Crippen LogP contribution in [0, 0.1) is 12.8 Å². The van der Waals surface area contributed by atoms with Crippen LogP contribution in [0.25, 0.3) is 0 Å². The van der Waals surface area contributed by atoms with Crippen molar-refractivity contribution >= 4 is 5.96 Å². The van der Waals surface area contributed by atoms with Gasteiger partial charge in [0.1, 0.15) is 11.5 Å². The van der Waals surface area contributed by atoms with Gasteiger partial charge < -0.3 is 15.1 Å². The minimum absolute atomic E-state index is 0.252. The van der Waals surface area contributed by atoms with Gasteiger partial charge in [0.15, 0.2) is 5.96 Å². The standard InChI is InChI=1S/C18H30N4O/c1-3-19-18(20-12-15-7-8-15)21-13-16(22-10-4-5-11-22)17-9-6-14(2)23-17/h6,9,15-16H,3-5,7-8,10-13H2,1-2H3,(H2,19,20,21). The van der Waals surface area contributed by atoms with E-state index in [2.05, 4.69) is 34.6 Å². The first-order valence-electron chi connectivity index (χ1n) is 9.09. The smallest absolute Gasteiger partial charge is 0.191 e. The van der Waals surface area contributed by atoms with E-state index in [1.807, 2.05) is 6.92 Å². The Morgan fingerprint density at radius 1 is 1.30 bits per heavy atom. The lowest BCUT2D eigenvalue weighted by Gasteiger charge is -2.24. The number of likely N-dealkylation sites (tertiary alicyclic amines) is 1. The summed E-state index contributed by atoms with van der Waals surface area (Å²) in [6.45, 7) is 9.09. The molecule has 2 heterocycles. The Labute approximate surface area is 139 Å². The van der Waals surface area contributed by atoms with Crippen LogP contribution >= 0.6 is 0 Å². The van der Waals surface area contributed by atoms with Crippen LogP contribution in [0.3, 0.4) is 0 Å². The maximum atomic E-state index is 5.91. The predicted octanol–water partition coefficient (Wildman–Crippen LogP) is 2.69. The van der Waals surface area contributed by atoms with Gasteiger partial charge in [0.05, 0.1) is 12.6 Å². The van der Waals surface area contributed by atoms with Gasteiger partial charge in [0, 0.05) is 13.1 Å². The SMILES string of the molecule is CCNC(=NCC(c1ccc(C)o1)N1CCCC1)NCC1CC1. The molecule has 3 rings (SSSR count). The molecule has 1 aliphatic carbocycles. The van der Waals surface area contributed by atoms with Crippen molar-refractivity contribution in [2.24, 2.45) is 10.9 Å². The van der Waals surface area contributed by atoms with Gasteiger partial charge in [-0.15, -0.1) is 0 Å². The Balaban J connectivity index is 1.66. The highest BCUT2D eigenvalue weighted by molar-refractivity contribution is 5.79. The molecule has 0 bridgehead atoms. The highest BCUT2D eigenvalue weighted by atomic mass is 16.3. The molecule has 1 aromatic heterocycles. The van der Waals surface area contributed by atoms with Crippen molar-refractivity contribution in [3.8, 4) is 0 Å². The van der Waals surface area contributed by atoms with Crippen molar-refractivity contribution in [1.82, 2.24) is 15.5 Å². The highest BCUT2D eigenvalue weighted by Gasteiger charge is 2.26. The average Bonchev–Trinajstić information content (AvgIpc) is 3.02. The van der Waals surface area contributed by atoms with Crippen LogP contribution in [-0.2, 0) is 0 Å². The van der Waals surface area contributed by atoms with Crippen molar-refractivity contribution in [1.29, 1.82) is 0 Å². The van der Waals surface area contributed by atoms with Gasteiger partial charge in [-0.05, 0) is 70.7 Å². The van der Waals surface area contributed by atoms with Crippen LogP contribution in [0.5, 0.6) is 0 Å². The van der Waals surface area contributed by atoms with Crippen LogP contribution < -0.4 is 10.6 Å². The van der Waals surface area contributed by atoms with Gasteiger partial charge in [0.25, 0.3) is 0 Å². The van der Waals surface area contributed by atoms with Crippen LogP contribution in [0.1, 0.15) is 50.2 Å². The van der Waals surface area contributed by atoms with Gasteiger partial charge >= 0.3 is 0 Å². The Morgan fingerprint density at radius 3 is 2.70 bits per heavy atom. The number of hydrogen-bond donors (Lipinski definition) is 2. The predicted molar refractivity (Wildman–Crippen MR) is 93.7 cm³/mol. The van der Waals surface area contributed by atoms with E-state index in [0.29, 0.717) is 0 Å². The van der Waals surface area contributed by atoms with Gasteiger partial charge in [-0.1, -0.05) is 0 Å². The maximum absolute atomic E-state index is 5.91. The molecule has 1 unspecified atom stereocenters. The molecule has 5 nitrogen and oxygen atoms in total. The highest BCUT2D eigenvalue weighted by Crippen LogP contribution is 2.28. The van der Waals surface area contributed by atoms with Gasteiger partial charge in [-0.3, -0.25) is 9.89 Å². The van der Waals surface area contributed by atoms with E-state index in [-0.39, 0.29) is 6.04 Å². The van der Waals surface area contributed by atoms with Crippen molar-refractivity contribution in [2.45, 2.75) is 45.6 Å². The Hall–Kier alpha value is -1.49. The van der Waals surface area contributed by atoms with E-state index < -0.39 is 0 Å². The minimum Gasteiger partial charge on any atom is -0.465 e. The molecule has 1 aliphatic heterocycles. The average molecular weight is 318 g/mol. The van der Waals surface area contributed by atoms with E-state index in [1.165, 1.54) is 25.7 Å². The number of nitrogens with zero attached hydrogens (tertiary/aromatic N) is 2. The van der Waals surface area contributed by atoms with Crippen molar-refractivity contribution < 1.29 is 4.42 Å². The summed E-state index contributed by atoms with van der Waals surface area (Å²) in [4.78, 5) is 7.34. The molecule has 5 heteroatoms. The van der Waals surface area contributed by atoms with Crippen molar-refractivity contribution in [3.63, 3.8) is 0 Å². The van der Waals surface area contributed by atoms with Crippen molar-refractivity contribution in [2.75, 3.05) is 32.7 Å². The lowest BCUT2D eigenvalue weighted by atomic mass is 10.2. The van der Waals surface area contributed by atoms with Crippen LogP contribution in [-0.4, -0.2) is 43.6 Å². The fourth-order valence-corrected chi connectivity index (χ4v) is 3.15. The normalized spacial score (nSPS) is 20.7. The summed E-state index contributed by atoms with van der Waals surface area (Å²) in [5.74, 6) is 3.81. The zero-order valence-corrected chi connectivity index (χ0v) is 14.5. The minimum atomic E-state index is 0.252. The summed E-state index contributed by atoms with van der Waals surface area (Å²) < 4.78 is 5.91. The van der Waals surface area contributed by atoms with Crippen molar-refractivity contribution in [3.05, 3.63) is 23.7 Å². The molecular weight excluding hydrogens is 288 g/mol. The second-order valence-corrected chi connectivity index (χ2v) is 6.75. The number of furan rings is 1. The lowest BCUT2D eigenvalue weighted by Crippen LogP contribution is -2.39. The first-order chi connectivity index (χ1) is 11.3. The van der Waals surface area contributed by atoms with E-state index in [9.17, 15) is 0 Å². The molecule has 0 aromatic carbocycles. The second-order valence-electron chi connectivity index (χ2n) is 6.75. The molecule has 0 radical (unpaired) electrons. The zero-order chi connectivity index (χ0) is 16.1. The van der Waals surface area contributed by atoms with Gasteiger partial charge in [-0.2, -0.15) is 0 Å². The fraction of sp³-hybridized carbons (Fsp3) is 0.722. The molecule has 0 amide bonds. The van der Waals surface area contributed by atoms with E-state index >= 15 is 0 Å². The molecule has 1 atom stereocenters. The second kappa shape index (κ2) is 7.86. The van der Waals surface area contributed by atoms with E-state index in [1.54, 1.807) is 0 Å². The third-order valence-corrected chi connectivity index (χ3v) is 4.69. The monoisotopic (exact) mass is 318 g/mol. The largest absolute Gasteiger partial charge is 0.465 e. The molecule has 2 fully saturated rings. The molecule has 1 aromatic rings. The summed E-state index contributed by atoms with van der Waals surface area (Å²) in [7, 11) is 0. The molecule has 128 valence electrons. The topological polar surface area (TPSA) is 52.8 Å². The van der Waals surface area contributed by atoms with Crippen LogP contribution in [0.4, 0.5) is 0 Å².